The molecule has 2 saturated heterocycles. The number of halogens is 1. The van der Waals surface area contributed by atoms with Crippen LogP contribution < -0.4 is 15.0 Å². The van der Waals surface area contributed by atoms with Crippen molar-refractivity contribution in [3.8, 4) is 5.75 Å². The van der Waals surface area contributed by atoms with E-state index < -0.39 is 0 Å². The number of benzene rings is 2. The third kappa shape index (κ3) is 3.62. The molecule has 2 unspecified atom stereocenters. The number of nitrogens with one attached hydrogen (secondary N) is 1. The maximum atomic E-state index is 5.95. The van der Waals surface area contributed by atoms with Gasteiger partial charge in [0.15, 0.2) is 0 Å². The van der Waals surface area contributed by atoms with Crippen LogP contribution in [0.3, 0.4) is 0 Å². The molecular weight excluding hydrogens is 308 g/mol. The SMILES string of the molecule is Cl.c1ccc(COc2cccc(N3CC4CNCC4C3)c2)cc1. The van der Waals surface area contributed by atoms with E-state index in [1.54, 1.807) is 0 Å². The second-order valence-corrected chi connectivity index (χ2v) is 6.36. The molecule has 23 heavy (non-hydrogen) atoms. The van der Waals surface area contributed by atoms with E-state index in [4.69, 9.17) is 4.74 Å². The van der Waals surface area contributed by atoms with Gasteiger partial charge in [-0.05, 0) is 29.5 Å². The van der Waals surface area contributed by atoms with Gasteiger partial charge in [-0.25, -0.2) is 0 Å². The predicted molar refractivity (Wildman–Crippen MR) is 96.5 cm³/mol. The zero-order valence-corrected chi connectivity index (χ0v) is 14.0. The zero-order valence-electron chi connectivity index (χ0n) is 13.2. The largest absolute Gasteiger partial charge is 0.489 e. The van der Waals surface area contributed by atoms with Crippen LogP contribution in [0.5, 0.6) is 5.75 Å². The maximum Gasteiger partial charge on any atom is 0.121 e. The van der Waals surface area contributed by atoms with Crippen LogP contribution >= 0.6 is 12.4 Å². The van der Waals surface area contributed by atoms with Gasteiger partial charge in [0.05, 0.1) is 0 Å². The summed E-state index contributed by atoms with van der Waals surface area (Å²) in [4.78, 5) is 2.51. The van der Waals surface area contributed by atoms with Crippen molar-refractivity contribution in [2.75, 3.05) is 31.1 Å². The summed E-state index contributed by atoms with van der Waals surface area (Å²) in [6.07, 6.45) is 0. The monoisotopic (exact) mass is 330 g/mol. The number of fused-ring (bicyclic) bond motifs is 1. The minimum atomic E-state index is 0. The first-order chi connectivity index (χ1) is 10.9. The van der Waals surface area contributed by atoms with Crippen molar-refractivity contribution in [3.63, 3.8) is 0 Å². The van der Waals surface area contributed by atoms with E-state index in [0.29, 0.717) is 6.61 Å². The van der Waals surface area contributed by atoms with Crippen LogP contribution in [0.2, 0.25) is 0 Å². The highest BCUT2D eigenvalue weighted by Gasteiger charge is 2.36. The molecule has 0 radical (unpaired) electrons. The summed E-state index contributed by atoms with van der Waals surface area (Å²) in [6, 6.07) is 18.8. The van der Waals surface area contributed by atoms with Crippen LogP contribution in [0, 0.1) is 11.8 Å². The molecule has 0 spiro atoms. The molecule has 122 valence electrons. The molecule has 2 fully saturated rings. The summed E-state index contributed by atoms with van der Waals surface area (Å²) >= 11 is 0. The first-order valence-electron chi connectivity index (χ1n) is 8.11. The standard InChI is InChI=1S/C19H22N2O.ClH/c1-2-5-15(6-3-1)14-22-19-8-4-7-18(9-19)21-12-16-10-20-11-17(16)13-21;/h1-9,16-17,20H,10-14H2;1H. The van der Waals surface area contributed by atoms with Gasteiger partial charge in [-0.15, -0.1) is 12.4 Å². The van der Waals surface area contributed by atoms with Crippen LogP contribution in [0.4, 0.5) is 5.69 Å². The number of hydrogen-bond donors (Lipinski definition) is 1. The van der Waals surface area contributed by atoms with E-state index in [-0.39, 0.29) is 12.4 Å². The van der Waals surface area contributed by atoms with Crippen molar-refractivity contribution >= 4 is 18.1 Å². The molecule has 2 aliphatic rings. The molecule has 0 bridgehead atoms. The van der Waals surface area contributed by atoms with Crippen LogP contribution in [0.1, 0.15) is 5.56 Å². The van der Waals surface area contributed by atoms with Gasteiger partial charge in [0, 0.05) is 37.9 Å². The number of anilines is 1. The summed E-state index contributed by atoms with van der Waals surface area (Å²) in [5, 5.41) is 3.49. The lowest BCUT2D eigenvalue weighted by Gasteiger charge is -2.20. The Morgan fingerprint density at radius 1 is 0.957 bits per heavy atom. The lowest BCUT2D eigenvalue weighted by Crippen LogP contribution is -2.25. The van der Waals surface area contributed by atoms with Gasteiger partial charge in [-0.1, -0.05) is 36.4 Å². The first-order valence-corrected chi connectivity index (χ1v) is 8.11. The average molecular weight is 331 g/mol. The highest BCUT2D eigenvalue weighted by Crippen LogP contribution is 2.32. The van der Waals surface area contributed by atoms with Gasteiger partial charge in [-0.3, -0.25) is 0 Å². The highest BCUT2D eigenvalue weighted by molar-refractivity contribution is 5.85. The van der Waals surface area contributed by atoms with Gasteiger partial charge >= 0.3 is 0 Å². The summed E-state index contributed by atoms with van der Waals surface area (Å²) in [6.45, 7) is 5.30. The molecule has 2 aromatic rings. The summed E-state index contributed by atoms with van der Waals surface area (Å²) in [5.74, 6) is 2.58. The maximum absolute atomic E-state index is 5.95. The van der Waals surface area contributed by atoms with Crippen molar-refractivity contribution in [1.29, 1.82) is 0 Å². The molecule has 0 aromatic heterocycles. The molecule has 2 aliphatic heterocycles. The van der Waals surface area contributed by atoms with Gasteiger partial charge in [0.1, 0.15) is 12.4 Å². The van der Waals surface area contributed by atoms with Crippen molar-refractivity contribution in [3.05, 3.63) is 60.2 Å². The molecule has 4 rings (SSSR count). The second kappa shape index (κ2) is 7.24. The molecule has 1 N–H and O–H groups in total. The molecule has 4 heteroatoms. The van der Waals surface area contributed by atoms with E-state index in [2.05, 4.69) is 40.5 Å². The molecule has 2 atom stereocenters. The summed E-state index contributed by atoms with van der Waals surface area (Å²) in [5.41, 5.74) is 2.50. The van der Waals surface area contributed by atoms with Crippen molar-refractivity contribution < 1.29 is 4.74 Å². The minimum absolute atomic E-state index is 0. The zero-order chi connectivity index (χ0) is 14.8. The predicted octanol–water partition coefficient (Wildman–Crippen LogP) is 3.34. The van der Waals surface area contributed by atoms with Crippen LogP contribution in [-0.4, -0.2) is 26.2 Å². The van der Waals surface area contributed by atoms with E-state index in [1.165, 1.54) is 37.4 Å². The number of rotatable bonds is 4. The molecular formula is C19H23ClN2O. The quantitative estimate of drug-likeness (QED) is 0.930. The number of ether oxygens (including phenoxy) is 1. The van der Waals surface area contributed by atoms with E-state index >= 15 is 0 Å². The van der Waals surface area contributed by atoms with Gasteiger partial charge in [-0.2, -0.15) is 0 Å². The molecule has 0 amide bonds. The van der Waals surface area contributed by atoms with Gasteiger partial charge in [0.2, 0.25) is 0 Å². The van der Waals surface area contributed by atoms with E-state index in [0.717, 1.165) is 17.6 Å². The number of hydrogen-bond acceptors (Lipinski definition) is 3. The summed E-state index contributed by atoms with van der Waals surface area (Å²) < 4.78 is 5.95. The molecule has 2 aromatic carbocycles. The lowest BCUT2D eigenvalue weighted by atomic mass is 10.0. The van der Waals surface area contributed by atoms with Crippen molar-refractivity contribution in [2.24, 2.45) is 11.8 Å². The third-order valence-corrected chi connectivity index (χ3v) is 4.82. The molecule has 0 aliphatic carbocycles. The second-order valence-electron chi connectivity index (χ2n) is 6.36. The molecule has 3 nitrogen and oxygen atoms in total. The smallest absolute Gasteiger partial charge is 0.121 e. The Balaban J connectivity index is 0.00000156. The topological polar surface area (TPSA) is 24.5 Å². The minimum Gasteiger partial charge on any atom is -0.489 e. The van der Waals surface area contributed by atoms with Gasteiger partial charge < -0.3 is 15.0 Å². The molecule has 0 saturated carbocycles. The first kappa shape index (κ1) is 16.2. The van der Waals surface area contributed by atoms with E-state index in [1.807, 2.05) is 24.3 Å². The summed E-state index contributed by atoms with van der Waals surface area (Å²) in [7, 11) is 0. The number of nitrogens with zero attached hydrogens (tertiary/aromatic N) is 1. The van der Waals surface area contributed by atoms with Crippen molar-refractivity contribution in [1.82, 2.24) is 5.32 Å². The Bertz CT molecular complexity index is 622. The van der Waals surface area contributed by atoms with Crippen LogP contribution in [0.15, 0.2) is 54.6 Å². The lowest BCUT2D eigenvalue weighted by molar-refractivity contribution is 0.306. The Kier molecular flexibility index (Phi) is 5.09. The van der Waals surface area contributed by atoms with Crippen molar-refractivity contribution in [2.45, 2.75) is 6.61 Å². The van der Waals surface area contributed by atoms with Crippen LogP contribution in [0.25, 0.3) is 0 Å². The van der Waals surface area contributed by atoms with Gasteiger partial charge in [0.25, 0.3) is 0 Å². The average Bonchev–Trinajstić information content (AvgIpc) is 3.16. The Hall–Kier alpha value is -1.71. The highest BCUT2D eigenvalue weighted by atomic mass is 35.5. The fraction of sp³-hybridized carbons (Fsp3) is 0.368. The van der Waals surface area contributed by atoms with E-state index in [9.17, 15) is 0 Å². The Morgan fingerprint density at radius 2 is 1.70 bits per heavy atom. The molecule has 2 heterocycles. The third-order valence-electron chi connectivity index (χ3n) is 4.82. The fourth-order valence-electron chi connectivity index (χ4n) is 3.58. The van der Waals surface area contributed by atoms with Crippen LogP contribution in [-0.2, 0) is 6.61 Å². The Morgan fingerprint density at radius 3 is 2.43 bits per heavy atom. The Labute approximate surface area is 144 Å². The normalized spacial score (nSPS) is 22.5. The fourth-order valence-corrected chi connectivity index (χ4v) is 3.58.